The Hall–Kier alpha value is -0.345. The summed E-state index contributed by atoms with van der Waals surface area (Å²) in [5.41, 5.74) is -2.82. The van der Waals surface area contributed by atoms with Crippen molar-refractivity contribution >= 4 is 41.6 Å². The number of rotatable bonds is 11. The summed E-state index contributed by atoms with van der Waals surface area (Å²) >= 11 is 2.31. The van der Waals surface area contributed by atoms with Crippen LogP contribution in [-0.4, -0.2) is 45.9 Å². The van der Waals surface area contributed by atoms with Crippen molar-refractivity contribution in [2.75, 3.05) is 4.43 Å². The van der Waals surface area contributed by atoms with E-state index in [1.165, 1.54) is 0 Å². The Balaban J connectivity index is 2.94. The molecule has 192 valence electrons. The summed E-state index contributed by atoms with van der Waals surface area (Å²) < 4.78 is 24.5. The van der Waals surface area contributed by atoms with Crippen LogP contribution in [0.5, 0.6) is 0 Å². The number of alkyl halides is 1. The molecule has 0 aromatic rings. The maximum absolute atomic E-state index is 13.4. The fraction of sp³-hybridized carbons (Fsp3) is 0.920. The lowest BCUT2D eigenvalue weighted by atomic mass is 9.74. The Morgan fingerprint density at radius 3 is 1.76 bits per heavy atom. The molecule has 1 rings (SSSR count). The molecule has 1 atom stereocenters. The molecule has 0 N–H and O–H groups in total. The average Bonchev–Trinajstić information content (AvgIpc) is 2.79. The lowest BCUT2D eigenvalue weighted by molar-refractivity contribution is -0.176. The summed E-state index contributed by atoms with van der Waals surface area (Å²) in [5, 5.41) is 0. The van der Waals surface area contributed by atoms with Gasteiger partial charge in [-0.2, -0.15) is 0 Å². The zero-order chi connectivity index (χ0) is 25.7. The molecule has 0 amide bonds. The van der Waals surface area contributed by atoms with Crippen LogP contribution in [-0.2, 0) is 28.4 Å². The number of ether oxygens (including phenoxy) is 2. The first kappa shape index (κ1) is 30.7. The highest BCUT2D eigenvalue weighted by Gasteiger charge is 2.50. The van der Waals surface area contributed by atoms with Crippen LogP contribution >= 0.6 is 22.6 Å². The number of halogens is 1. The van der Waals surface area contributed by atoms with Gasteiger partial charge in [0.15, 0.2) is 0 Å². The van der Waals surface area contributed by atoms with Crippen LogP contribution in [0.3, 0.4) is 0 Å². The number of carbonyl (C=O) groups is 2. The van der Waals surface area contributed by atoms with Gasteiger partial charge in [-0.3, -0.25) is 9.59 Å². The van der Waals surface area contributed by atoms with E-state index < -0.39 is 16.6 Å². The maximum atomic E-state index is 13.4. The van der Waals surface area contributed by atoms with Crippen LogP contribution in [0.1, 0.15) is 108 Å². The van der Waals surface area contributed by atoms with Crippen molar-refractivity contribution in [2.24, 2.45) is 5.41 Å². The molecule has 6 nitrogen and oxygen atoms in total. The van der Waals surface area contributed by atoms with Crippen LogP contribution in [0, 0.1) is 5.41 Å². The highest BCUT2D eigenvalue weighted by Crippen LogP contribution is 2.41. The standard InChI is InChI=1S/C25H46BIO6/c1-21(2,3)30-19(28)18-25(15-13-17-27,20(29)31-22(4,5)6)14-11-12-16-26-32-23(7,8)24(9,10)33-26/h11-18H2,1-10H3. The molecule has 0 aromatic heterocycles. The third-order valence-electron chi connectivity index (χ3n) is 6.17. The van der Waals surface area contributed by atoms with Crippen molar-refractivity contribution in [3.8, 4) is 0 Å². The maximum Gasteiger partial charge on any atom is 0.457 e. The number of carbonyl (C=O) groups excluding carboxylic acids is 2. The molecule has 0 aromatic carbocycles. The van der Waals surface area contributed by atoms with E-state index in [0.717, 1.165) is 30.0 Å². The number of esters is 2. The Kier molecular flexibility index (Phi) is 10.8. The first-order valence-electron chi connectivity index (χ1n) is 12.2. The molecule has 1 aliphatic heterocycles. The zero-order valence-electron chi connectivity index (χ0n) is 22.6. The SMILES string of the molecule is CC(C)(C)OC(=O)CC(CCCI)(CCCCB1OC(C)(C)C(C)(C)O1)C(=O)OC(C)(C)C. The van der Waals surface area contributed by atoms with Crippen LogP contribution < -0.4 is 0 Å². The van der Waals surface area contributed by atoms with E-state index in [1.807, 2.05) is 69.2 Å². The van der Waals surface area contributed by atoms with E-state index in [4.69, 9.17) is 18.8 Å². The molecule has 0 aliphatic carbocycles. The van der Waals surface area contributed by atoms with Gasteiger partial charge in [0.05, 0.1) is 23.0 Å². The molecule has 33 heavy (non-hydrogen) atoms. The van der Waals surface area contributed by atoms with Crippen molar-refractivity contribution < 1.29 is 28.4 Å². The first-order valence-corrected chi connectivity index (χ1v) is 13.7. The minimum atomic E-state index is -0.892. The molecule has 1 saturated heterocycles. The number of unbranched alkanes of at least 4 members (excludes halogenated alkanes) is 1. The van der Waals surface area contributed by atoms with Crippen molar-refractivity contribution in [1.82, 2.24) is 0 Å². The molecule has 1 fully saturated rings. The predicted molar refractivity (Wildman–Crippen MR) is 142 cm³/mol. The third kappa shape index (κ3) is 10.0. The van der Waals surface area contributed by atoms with Gasteiger partial charge in [-0.05, 0) is 99.2 Å². The predicted octanol–water partition coefficient (Wildman–Crippen LogP) is 6.52. The van der Waals surface area contributed by atoms with Gasteiger partial charge in [0.1, 0.15) is 11.2 Å². The molecule has 1 unspecified atom stereocenters. The quantitative estimate of drug-likeness (QED) is 0.0911. The van der Waals surface area contributed by atoms with Crippen LogP contribution in [0.15, 0.2) is 0 Å². The Labute approximate surface area is 215 Å². The Morgan fingerprint density at radius 2 is 1.30 bits per heavy atom. The van der Waals surface area contributed by atoms with Crippen LogP contribution in [0.2, 0.25) is 6.32 Å². The highest BCUT2D eigenvalue weighted by molar-refractivity contribution is 14.1. The summed E-state index contributed by atoms with van der Waals surface area (Å²) in [5.74, 6) is -0.658. The molecule has 0 bridgehead atoms. The minimum absolute atomic E-state index is 0.0340. The molecular weight excluding hydrogens is 534 g/mol. The summed E-state index contributed by atoms with van der Waals surface area (Å²) in [6, 6.07) is 0. The monoisotopic (exact) mass is 580 g/mol. The minimum Gasteiger partial charge on any atom is -0.460 e. The molecule has 0 spiro atoms. The van der Waals surface area contributed by atoms with E-state index in [-0.39, 0.29) is 36.7 Å². The van der Waals surface area contributed by atoms with Crippen LogP contribution in [0.25, 0.3) is 0 Å². The van der Waals surface area contributed by atoms with Gasteiger partial charge in [-0.1, -0.05) is 35.4 Å². The molecule has 0 radical (unpaired) electrons. The van der Waals surface area contributed by atoms with Crippen molar-refractivity contribution in [3.05, 3.63) is 0 Å². The Morgan fingerprint density at radius 1 is 0.818 bits per heavy atom. The lowest BCUT2D eigenvalue weighted by Gasteiger charge is -2.35. The topological polar surface area (TPSA) is 71.1 Å². The summed E-state index contributed by atoms with van der Waals surface area (Å²) in [4.78, 5) is 26.2. The Bertz CT molecular complexity index is 649. The summed E-state index contributed by atoms with van der Waals surface area (Å²) in [6.45, 7) is 19.3. The van der Waals surface area contributed by atoms with Gasteiger partial charge in [-0.25, -0.2) is 0 Å². The van der Waals surface area contributed by atoms with Crippen molar-refractivity contribution in [2.45, 2.75) is 136 Å². The van der Waals surface area contributed by atoms with Gasteiger partial charge >= 0.3 is 19.1 Å². The van der Waals surface area contributed by atoms with Gasteiger partial charge < -0.3 is 18.8 Å². The average molecular weight is 580 g/mol. The lowest BCUT2D eigenvalue weighted by Crippen LogP contribution is -2.41. The number of hydrogen-bond donors (Lipinski definition) is 0. The molecule has 8 heteroatoms. The number of hydrogen-bond acceptors (Lipinski definition) is 6. The second-order valence-electron chi connectivity index (χ2n) is 12.3. The van der Waals surface area contributed by atoms with Gasteiger partial charge in [0.25, 0.3) is 0 Å². The summed E-state index contributed by atoms with van der Waals surface area (Å²) in [6.07, 6.45) is 4.38. The van der Waals surface area contributed by atoms with Crippen LogP contribution in [0.4, 0.5) is 0 Å². The van der Waals surface area contributed by atoms with Crippen molar-refractivity contribution in [3.63, 3.8) is 0 Å². The molecule has 1 aliphatic rings. The van der Waals surface area contributed by atoms with Gasteiger partial charge in [0.2, 0.25) is 0 Å². The smallest absolute Gasteiger partial charge is 0.457 e. The first-order chi connectivity index (χ1) is 14.8. The van der Waals surface area contributed by atoms with E-state index in [9.17, 15) is 9.59 Å². The fourth-order valence-corrected chi connectivity index (χ4v) is 4.26. The second-order valence-corrected chi connectivity index (χ2v) is 13.3. The highest BCUT2D eigenvalue weighted by atomic mass is 127. The van der Waals surface area contributed by atoms with E-state index in [1.54, 1.807) is 0 Å². The van der Waals surface area contributed by atoms with Gasteiger partial charge in [0, 0.05) is 0 Å². The van der Waals surface area contributed by atoms with E-state index in [2.05, 4.69) is 22.6 Å². The van der Waals surface area contributed by atoms with Gasteiger partial charge in [-0.15, -0.1) is 0 Å². The largest absolute Gasteiger partial charge is 0.460 e. The second kappa shape index (κ2) is 11.6. The van der Waals surface area contributed by atoms with E-state index >= 15 is 0 Å². The molecule has 0 saturated carbocycles. The summed E-state index contributed by atoms with van der Waals surface area (Å²) in [7, 11) is -0.258. The van der Waals surface area contributed by atoms with Crippen molar-refractivity contribution in [1.29, 1.82) is 0 Å². The molecule has 1 heterocycles. The normalized spacial score (nSPS) is 19.8. The zero-order valence-corrected chi connectivity index (χ0v) is 24.7. The fourth-order valence-electron chi connectivity index (χ4n) is 3.88. The van der Waals surface area contributed by atoms with E-state index in [0.29, 0.717) is 12.8 Å². The molecular formula is C25H46BIO6. The third-order valence-corrected chi connectivity index (χ3v) is 6.93.